The fourth-order valence-corrected chi connectivity index (χ4v) is 6.80. The lowest BCUT2D eigenvalue weighted by Crippen LogP contribution is -2.49. The molecular formula is C29H25Cl2FN4O5. The van der Waals surface area contributed by atoms with Gasteiger partial charge in [-0.3, -0.25) is 4.98 Å². The standard InChI is InChI=1S/C29H25Cl2FN4O5/c30-19-12-33-13-20(31)22(19)23-18(24(40-35-23)15-1-2-15)14-39-29-8-5-28(6-9-29,7-10-29)27-34-25(36-41-27)16-3-4-21(32)17(11-16)26(37)38/h3-4,11-13,15H,1-2,5-10,14H2,(H,37,38). The van der Waals surface area contributed by atoms with Crippen molar-refractivity contribution in [1.29, 1.82) is 0 Å². The van der Waals surface area contributed by atoms with Gasteiger partial charge in [-0.2, -0.15) is 4.98 Å². The Labute approximate surface area is 244 Å². The molecule has 3 aromatic heterocycles. The van der Waals surface area contributed by atoms with E-state index in [-0.39, 0.29) is 16.8 Å². The normalized spacial score (nSPS) is 23.7. The largest absolute Gasteiger partial charge is 0.478 e. The number of fused-ring (bicyclic) bond motifs is 3. The summed E-state index contributed by atoms with van der Waals surface area (Å²) < 4.78 is 32.1. The maximum absolute atomic E-state index is 13.9. The first kappa shape index (κ1) is 26.6. The van der Waals surface area contributed by atoms with Gasteiger partial charge in [0.05, 0.1) is 33.2 Å². The molecule has 212 valence electrons. The van der Waals surface area contributed by atoms with E-state index >= 15 is 0 Å². The Morgan fingerprint density at radius 1 is 1.05 bits per heavy atom. The average molecular weight is 599 g/mol. The van der Waals surface area contributed by atoms with Crippen LogP contribution in [-0.4, -0.2) is 37.0 Å². The first-order valence-electron chi connectivity index (χ1n) is 13.6. The molecule has 41 heavy (non-hydrogen) atoms. The lowest BCUT2D eigenvalue weighted by atomic mass is 9.58. The summed E-state index contributed by atoms with van der Waals surface area (Å²) in [6.07, 6.45) is 10.1. The molecule has 0 spiro atoms. The summed E-state index contributed by atoms with van der Waals surface area (Å²) in [6, 6.07) is 3.79. The van der Waals surface area contributed by atoms with Crippen LogP contribution in [0.25, 0.3) is 22.6 Å². The van der Waals surface area contributed by atoms with E-state index in [9.17, 15) is 14.3 Å². The number of carboxylic acid groups (broad SMARTS) is 1. The molecule has 4 aliphatic rings. The molecule has 3 heterocycles. The number of hydrogen-bond acceptors (Lipinski definition) is 8. The molecule has 0 amide bonds. The van der Waals surface area contributed by atoms with Gasteiger partial charge < -0.3 is 18.9 Å². The van der Waals surface area contributed by atoms with Crippen molar-refractivity contribution in [2.24, 2.45) is 0 Å². The van der Waals surface area contributed by atoms with Gasteiger partial charge >= 0.3 is 5.97 Å². The van der Waals surface area contributed by atoms with E-state index < -0.39 is 17.3 Å². The Balaban J connectivity index is 1.09. The molecule has 1 aromatic carbocycles. The molecule has 4 aromatic rings. The Morgan fingerprint density at radius 3 is 2.41 bits per heavy atom. The molecular weight excluding hydrogens is 574 g/mol. The minimum atomic E-state index is -1.35. The highest BCUT2D eigenvalue weighted by atomic mass is 35.5. The smallest absolute Gasteiger partial charge is 0.338 e. The molecule has 1 N–H and O–H groups in total. The Morgan fingerprint density at radius 2 is 1.76 bits per heavy atom. The van der Waals surface area contributed by atoms with E-state index in [2.05, 4.69) is 20.3 Å². The van der Waals surface area contributed by atoms with Crippen molar-refractivity contribution in [2.75, 3.05) is 0 Å². The van der Waals surface area contributed by atoms with Gasteiger partial charge in [0.2, 0.25) is 11.7 Å². The van der Waals surface area contributed by atoms with Gasteiger partial charge in [0, 0.05) is 35.0 Å². The zero-order chi connectivity index (χ0) is 28.4. The van der Waals surface area contributed by atoms with Crippen molar-refractivity contribution >= 4 is 29.2 Å². The summed E-state index contributed by atoms with van der Waals surface area (Å²) in [6.45, 7) is 0.341. The number of carbonyl (C=O) groups is 1. The van der Waals surface area contributed by atoms with Crippen molar-refractivity contribution in [3.05, 3.63) is 69.2 Å². The Bertz CT molecular complexity index is 1620. The molecule has 9 nitrogen and oxygen atoms in total. The summed E-state index contributed by atoms with van der Waals surface area (Å²) in [5, 5.41) is 18.5. The molecule has 4 saturated carbocycles. The summed E-state index contributed by atoms with van der Waals surface area (Å²) in [5.74, 6) is -0.216. The topological polar surface area (TPSA) is 124 Å². The minimum absolute atomic E-state index is 0.247. The van der Waals surface area contributed by atoms with Gasteiger partial charge in [-0.05, 0) is 69.6 Å². The molecule has 0 saturated heterocycles. The number of hydrogen-bond donors (Lipinski definition) is 1. The van der Waals surface area contributed by atoms with Gasteiger partial charge in [0.15, 0.2) is 0 Å². The third kappa shape index (κ3) is 4.62. The van der Waals surface area contributed by atoms with Crippen LogP contribution in [0.2, 0.25) is 10.0 Å². The van der Waals surface area contributed by atoms with E-state index in [1.165, 1.54) is 12.1 Å². The first-order chi connectivity index (χ1) is 19.8. The number of pyridine rings is 1. The van der Waals surface area contributed by atoms with Crippen LogP contribution in [0.1, 0.15) is 84.9 Å². The Kier molecular flexibility index (Phi) is 6.40. The van der Waals surface area contributed by atoms with E-state index in [1.54, 1.807) is 12.4 Å². The van der Waals surface area contributed by atoms with E-state index in [0.717, 1.165) is 68.8 Å². The lowest BCUT2D eigenvalue weighted by molar-refractivity contribution is -0.130. The highest BCUT2D eigenvalue weighted by molar-refractivity contribution is 6.38. The number of ether oxygens (including phenoxy) is 1. The van der Waals surface area contributed by atoms with Gasteiger partial charge in [0.1, 0.15) is 17.3 Å². The van der Waals surface area contributed by atoms with Crippen LogP contribution in [0.3, 0.4) is 0 Å². The average Bonchev–Trinajstić information content (AvgIpc) is 3.53. The fourth-order valence-electron chi connectivity index (χ4n) is 6.26. The van der Waals surface area contributed by atoms with Crippen LogP contribution in [0.4, 0.5) is 4.39 Å². The van der Waals surface area contributed by atoms with E-state index in [0.29, 0.717) is 45.3 Å². The molecule has 0 unspecified atom stereocenters. The summed E-state index contributed by atoms with van der Waals surface area (Å²) in [5.41, 5.74) is 1.49. The van der Waals surface area contributed by atoms with Crippen molar-refractivity contribution in [2.45, 2.75) is 74.9 Å². The van der Waals surface area contributed by atoms with E-state index in [4.69, 9.17) is 37.0 Å². The number of rotatable bonds is 8. The molecule has 4 fully saturated rings. The van der Waals surface area contributed by atoms with Crippen molar-refractivity contribution in [1.82, 2.24) is 20.3 Å². The zero-order valence-corrected chi connectivity index (χ0v) is 23.3. The second kappa shape index (κ2) is 9.89. The quantitative estimate of drug-likeness (QED) is 0.221. The number of carboxylic acids is 1. The molecule has 12 heteroatoms. The van der Waals surface area contributed by atoms with Crippen LogP contribution in [0.5, 0.6) is 0 Å². The summed E-state index contributed by atoms with van der Waals surface area (Å²) in [4.78, 5) is 20.0. The zero-order valence-electron chi connectivity index (χ0n) is 21.8. The number of nitrogens with zero attached hydrogens (tertiary/aromatic N) is 4. The monoisotopic (exact) mass is 598 g/mol. The third-order valence-corrected chi connectivity index (χ3v) is 9.46. The van der Waals surface area contributed by atoms with E-state index in [1.807, 2.05) is 0 Å². The highest BCUT2D eigenvalue weighted by Gasteiger charge is 2.53. The maximum Gasteiger partial charge on any atom is 0.338 e. The van der Waals surface area contributed by atoms with Crippen molar-refractivity contribution < 1.29 is 28.1 Å². The second-order valence-corrected chi connectivity index (χ2v) is 12.1. The summed E-state index contributed by atoms with van der Waals surface area (Å²) in [7, 11) is 0. The van der Waals surface area contributed by atoms with Crippen LogP contribution < -0.4 is 0 Å². The molecule has 2 bridgehead atoms. The first-order valence-corrected chi connectivity index (χ1v) is 14.3. The highest BCUT2D eigenvalue weighted by Crippen LogP contribution is 2.55. The predicted octanol–water partition coefficient (Wildman–Crippen LogP) is 7.37. The van der Waals surface area contributed by atoms with Crippen LogP contribution in [0.15, 0.2) is 39.6 Å². The van der Waals surface area contributed by atoms with Crippen LogP contribution in [-0.2, 0) is 16.8 Å². The lowest BCUT2D eigenvalue weighted by Gasteiger charge is -2.51. The number of aromatic carboxylic acids is 1. The SMILES string of the molecule is O=C(O)c1cc(-c2noc(C34CCC(OCc5c(-c6c(Cl)cncc6Cl)noc5C5CC5)(CC3)CC4)n2)ccc1F. The van der Waals surface area contributed by atoms with Crippen LogP contribution in [0, 0.1) is 5.82 Å². The minimum Gasteiger partial charge on any atom is -0.478 e. The van der Waals surface area contributed by atoms with Crippen molar-refractivity contribution in [3.8, 4) is 22.6 Å². The fraction of sp³-hybridized carbons (Fsp3) is 0.414. The number of benzene rings is 1. The maximum atomic E-state index is 13.9. The molecule has 0 aliphatic heterocycles. The van der Waals surface area contributed by atoms with Gasteiger partial charge in [-0.25, -0.2) is 9.18 Å². The van der Waals surface area contributed by atoms with Crippen LogP contribution >= 0.6 is 23.2 Å². The number of aromatic nitrogens is 4. The van der Waals surface area contributed by atoms with Gasteiger partial charge in [-0.1, -0.05) is 33.5 Å². The predicted molar refractivity (Wildman–Crippen MR) is 145 cm³/mol. The molecule has 0 atom stereocenters. The Hall–Kier alpha value is -3.34. The number of halogens is 3. The summed E-state index contributed by atoms with van der Waals surface area (Å²) >= 11 is 12.9. The van der Waals surface area contributed by atoms with Gasteiger partial charge in [-0.15, -0.1) is 0 Å². The molecule has 0 radical (unpaired) electrons. The molecule has 8 rings (SSSR count). The molecule has 4 aliphatic carbocycles. The van der Waals surface area contributed by atoms with Crippen molar-refractivity contribution in [3.63, 3.8) is 0 Å². The third-order valence-electron chi connectivity index (χ3n) is 8.89. The second-order valence-electron chi connectivity index (χ2n) is 11.3. The van der Waals surface area contributed by atoms with Gasteiger partial charge in [0.25, 0.3) is 0 Å².